The molecular formula is C20H22Cl2N4. The Morgan fingerprint density at radius 1 is 1.04 bits per heavy atom. The molecular weight excluding hydrogens is 367 g/mol. The number of piperidine rings is 1. The van der Waals surface area contributed by atoms with Gasteiger partial charge in [-0.3, -0.25) is 0 Å². The molecule has 1 N–H and O–H groups in total. The van der Waals surface area contributed by atoms with Gasteiger partial charge in [-0.2, -0.15) is 0 Å². The summed E-state index contributed by atoms with van der Waals surface area (Å²) < 4.78 is 0. The van der Waals surface area contributed by atoms with Crippen LogP contribution in [-0.4, -0.2) is 36.4 Å². The van der Waals surface area contributed by atoms with E-state index in [4.69, 9.17) is 11.6 Å². The first kappa shape index (κ1) is 18.9. The third kappa shape index (κ3) is 3.63. The molecule has 2 heterocycles. The van der Waals surface area contributed by atoms with E-state index in [1.54, 1.807) is 0 Å². The van der Waals surface area contributed by atoms with Crippen LogP contribution in [0.25, 0.3) is 22.0 Å². The Morgan fingerprint density at radius 3 is 2.50 bits per heavy atom. The number of fused-ring (bicyclic) bond motifs is 1. The van der Waals surface area contributed by atoms with Crippen LogP contribution in [0.3, 0.4) is 0 Å². The number of halogens is 2. The van der Waals surface area contributed by atoms with Crippen LogP contribution in [0.2, 0.25) is 5.02 Å². The molecule has 0 aliphatic carbocycles. The average Bonchev–Trinajstić information content (AvgIpc) is 2.68. The summed E-state index contributed by atoms with van der Waals surface area (Å²) in [5.41, 5.74) is 1.93. The third-order valence-corrected chi connectivity index (χ3v) is 5.17. The number of rotatable bonds is 3. The summed E-state index contributed by atoms with van der Waals surface area (Å²) in [4.78, 5) is 2.35. The predicted molar refractivity (Wildman–Crippen MR) is 112 cm³/mol. The third-order valence-electron chi connectivity index (χ3n) is 4.91. The monoisotopic (exact) mass is 388 g/mol. The number of nitrogens with zero attached hydrogens (tertiary/aromatic N) is 3. The summed E-state index contributed by atoms with van der Waals surface area (Å²) >= 11 is 6.02. The molecule has 3 aromatic rings. The highest BCUT2D eigenvalue weighted by Gasteiger charge is 2.22. The lowest BCUT2D eigenvalue weighted by Crippen LogP contribution is -2.44. The smallest absolute Gasteiger partial charge is 0.159 e. The van der Waals surface area contributed by atoms with Gasteiger partial charge in [-0.15, -0.1) is 22.6 Å². The summed E-state index contributed by atoms with van der Waals surface area (Å²) in [6.45, 7) is 1.99. The van der Waals surface area contributed by atoms with E-state index in [0.717, 1.165) is 46.0 Å². The molecule has 0 bridgehead atoms. The fraction of sp³-hybridized carbons (Fsp3) is 0.300. The van der Waals surface area contributed by atoms with Crippen LogP contribution in [-0.2, 0) is 0 Å². The van der Waals surface area contributed by atoms with Gasteiger partial charge in [-0.05, 0) is 32.0 Å². The molecule has 0 spiro atoms. The molecule has 0 amide bonds. The van der Waals surface area contributed by atoms with Crippen LogP contribution in [0, 0.1) is 0 Å². The Morgan fingerprint density at radius 2 is 1.77 bits per heavy atom. The minimum atomic E-state index is 0. The largest absolute Gasteiger partial charge is 0.353 e. The number of benzene rings is 2. The quantitative estimate of drug-likeness (QED) is 0.713. The lowest BCUT2D eigenvalue weighted by Gasteiger charge is -2.33. The van der Waals surface area contributed by atoms with E-state index >= 15 is 0 Å². The molecule has 4 nitrogen and oxygen atoms in total. The van der Waals surface area contributed by atoms with Crippen molar-refractivity contribution in [1.82, 2.24) is 15.5 Å². The summed E-state index contributed by atoms with van der Waals surface area (Å²) in [6.07, 6.45) is 2.38. The minimum Gasteiger partial charge on any atom is -0.353 e. The Bertz CT molecular complexity index is 883. The van der Waals surface area contributed by atoms with Crippen molar-refractivity contribution < 1.29 is 0 Å². The van der Waals surface area contributed by atoms with E-state index in [1.807, 2.05) is 31.3 Å². The van der Waals surface area contributed by atoms with Gasteiger partial charge in [0, 0.05) is 40.5 Å². The fourth-order valence-electron chi connectivity index (χ4n) is 3.55. The van der Waals surface area contributed by atoms with E-state index in [9.17, 15) is 0 Å². The van der Waals surface area contributed by atoms with Gasteiger partial charge in [-0.1, -0.05) is 48.0 Å². The molecule has 0 unspecified atom stereocenters. The maximum absolute atomic E-state index is 6.02. The molecule has 0 radical (unpaired) electrons. The Balaban J connectivity index is 0.00000196. The molecule has 136 valence electrons. The van der Waals surface area contributed by atoms with E-state index in [-0.39, 0.29) is 12.4 Å². The molecule has 1 fully saturated rings. The summed E-state index contributed by atoms with van der Waals surface area (Å²) in [5, 5.41) is 15.6. The number of hydrogen-bond acceptors (Lipinski definition) is 4. The van der Waals surface area contributed by atoms with Crippen molar-refractivity contribution in [2.75, 3.05) is 25.0 Å². The minimum absolute atomic E-state index is 0. The van der Waals surface area contributed by atoms with Crippen molar-refractivity contribution in [2.24, 2.45) is 0 Å². The first-order valence-corrected chi connectivity index (χ1v) is 9.07. The van der Waals surface area contributed by atoms with Gasteiger partial charge in [0.25, 0.3) is 0 Å². The van der Waals surface area contributed by atoms with Crippen molar-refractivity contribution in [3.05, 3.63) is 53.6 Å². The Kier molecular flexibility index (Phi) is 5.97. The fourth-order valence-corrected chi connectivity index (χ4v) is 3.68. The molecule has 26 heavy (non-hydrogen) atoms. The second kappa shape index (κ2) is 8.21. The van der Waals surface area contributed by atoms with E-state index in [0.29, 0.717) is 6.04 Å². The zero-order valence-corrected chi connectivity index (χ0v) is 16.2. The van der Waals surface area contributed by atoms with Crippen molar-refractivity contribution in [1.29, 1.82) is 0 Å². The maximum atomic E-state index is 6.02. The van der Waals surface area contributed by atoms with E-state index in [1.165, 1.54) is 12.8 Å². The summed E-state index contributed by atoms with van der Waals surface area (Å²) in [7, 11) is 2.03. The highest BCUT2D eigenvalue weighted by atomic mass is 35.5. The first-order valence-electron chi connectivity index (χ1n) is 8.70. The molecule has 2 aromatic carbocycles. The van der Waals surface area contributed by atoms with Gasteiger partial charge >= 0.3 is 0 Å². The van der Waals surface area contributed by atoms with Crippen LogP contribution in [0.5, 0.6) is 0 Å². The first-order chi connectivity index (χ1) is 12.3. The van der Waals surface area contributed by atoms with Gasteiger partial charge < -0.3 is 10.2 Å². The second-order valence-electron chi connectivity index (χ2n) is 6.50. The lowest BCUT2D eigenvalue weighted by atomic mass is 10.0. The SMILES string of the molecule is CN[C@@H]1CCCN(c2nnc(-c3ccc(Cl)cc3)c3ccccc23)C1.Cl. The zero-order chi connectivity index (χ0) is 17.2. The van der Waals surface area contributed by atoms with Gasteiger partial charge in [-0.25, -0.2) is 0 Å². The molecule has 0 saturated carbocycles. The Labute approximate surface area is 165 Å². The molecule has 1 aliphatic rings. The Hall–Kier alpha value is -1.88. The van der Waals surface area contributed by atoms with Crippen molar-refractivity contribution in [3.8, 4) is 11.3 Å². The van der Waals surface area contributed by atoms with Crippen LogP contribution >= 0.6 is 24.0 Å². The van der Waals surface area contributed by atoms with Crippen LogP contribution in [0.15, 0.2) is 48.5 Å². The van der Waals surface area contributed by atoms with Crippen LogP contribution in [0.1, 0.15) is 12.8 Å². The van der Waals surface area contributed by atoms with Crippen molar-refractivity contribution in [2.45, 2.75) is 18.9 Å². The number of anilines is 1. The molecule has 1 atom stereocenters. The highest BCUT2D eigenvalue weighted by molar-refractivity contribution is 6.30. The number of aromatic nitrogens is 2. The number of hydrogen-bond donors (Lipinski definition) is 1. The van der Waals surface area contributed by atoms with Gasteiger partial charge in [0.2, 0.25) is 0 Å². The molecule has 1 saturated heterocycles. The topological polar surface area (TPSA) is 41.0 Å². The van der Waals surface area contributed by atoms with Gasteiger partial charge in [0.1, 0.15) is 5.69 Å². The van der Waals surface area contributed by atoms with Gasteiger partial charge in [0.15, 0.2) is 5.82 Å². The second-order valence-corrected chi connectivity index (χ2v) is 6.93. The molecule has 4 rings (SSSR count). The summed E-state index contributed by atoms with van der Waals surface area (Å²) in [6, 6.07) is 16.7. The van der Waals surface area contributed by atoms with Crippen LogP contribution in [0.4, 0.5) is 5.82 Å². The predicted octanol–water partition coefficient (Wildman–Crippen LogP) is 4.56. The molecule has 1 aromatic heterocycles. The summed E-state index contributed by atoms with van der Waals surface area (Å²) in [5.74, 6) is 0.980. The maximum Gasteiger partial charge on any atom is 0.159 e. The normalized spacial score (nSPS) is 17.2. The number of likely N-dealkylation sites (N-methyl/N-ethyl adjacent to an activating group) is 1. The van der Waals surface area contributed by atoms with E-state index in [2.05, 4.69) is 44.7 Å². The lowest BCUT2D eigenvalue weighted by molar-refractivity contribution is 0.447. The highest BCUT2D eigenvalue weighted by Crippen LogP contribution is 2.32. The zero-order valence-electron chi connectivity index (χ0n) is 14.7. The van der Waals surface area contributed by atoms with Crippen molar-refractivity contribution in [3.63, 3.8) is 0 Å². The van der Waals surface area contributed by atoms with Gasteiger partial charge in [0.05, 0.1) is 0 Å². The number of nitrogens with one attached hydrogen (secondary N) is 1. The molecule has 1 aliphatic heterocycles. The van der Waals surface area contributed by atoms with E-state index < -0.39 is 0 Å². The average molecular weight is 389 g/mol. The standard InChI is InChI=1S/C20H21ClN4.ClH/c1-22-16-5-4-12-25(13-16)20-18-7-3-2-6-17(18)19(23-24-20)14-8-10-15(21)11-9-14;/h2-3,6-11,16,22H,4-5,12-13H2,1H3;1H/t16-;/m1./s1. The van der Waals surface area contributed by atoms with Crippen molar-refractivity contribution >= 4 is 40.6 Å². The van der Waals surface area contributed by atoms with Crippen LogP contribution < -0.4 is 10.2 Å². The molecule has 6 heteroatoms.